The van der Waals surface area contributed by atoms with Crippen LogP contribution in [0.15, 0.2) is 18.2 Å². The average molecular weight is 335 g/mol. The van der Waals surface area contributed by atoms with Crippen LogP contribution in [0.25, 0.3) is 0 Å². The molecule has 0 aromatic heterocycles. The van der Waals surface area contributed by atoms with Crippen LogP contribution in [0, 0.1) is 23.0 Å². The molecule has 2 rings (SSSR count). The second-order valence-corrected chi connectivity index (χ2v) is 6.00. The van der Waals surface area contributed by atoms with E-state index >= 15 is 0 Å². The van der Waals surface area contributed by atoms with Gasteiger partial charge in [0.15, 0.2) is 0 Å². The van der Waals surface area contributed by atoms with Crippen molar-refractivity contribution in [3.8, 4) is 0 Å². The molecule has 1 aliphatic heterocycles. The van der Waals surface area contributed by atoms with Gasteiger partial charge in [0.1, 0.15) is 0 Å². The fourth-order valence-electron chi connectivity index (χ4n) is 2.76. The third-order valence-corrected chi connectivity index (χ3v) is 4.16. The van der Waals surface area contributed by atoms with Crippen molar-refractivity contribution < 1.29 is 19.2 Å². The number of rotatable bonds is 6. The number of amides is 2. The second kappa shape index (κ2) is 7.39. The number of hydrogen-bond donors (Lipinski definition) is 1. The summed E-state index contributed by atoms with van der Waals surface area (Å²) < 4.78 is 5.05. The number of anilines is 1. The van der Waals surface area contributed by atoms with Crippen molar-refractivity contribution >= 4 is 23.2 Å². The minimum Gasteiger partial charge on any atom is -0.383 e. The van der Waals surface area contributed by atoms with Crippen LogP contribution in [-0.2, 0) is 14.3 Å². The van der Waals surface area contributed by atoms with Crippen molar-refractivity contribution in [2.75, 3.05) is 25.6 Å². The standard InChI is InChI=1S/C16H21N3O5/c1-10-4-5-13(19(22)23)7-14(10)17-16(21)12-6-15(20)18(8-12)11(2)9-24-3/h4-5,7,11-12H,6,8-9H2,1-3H3,(H,17,21)/t11-,12+/m0/s1. The van der Waals surface area contributed by atoms with Crippen LogP contribution in [0.3, 0.4) is 0 Å². The number of non-ortho nitro benzene ring substituents is 1. The van der Waals surface area contributed by atoms with Gasteiger partial charge in [0.2, 0.25) is 11.8 Å². The lowest BCUT2D eigenvalue weighted by Crippen LogP contribution is -2.38. The largest absolute Gasteiger partial charge is 0.383 e. The monoisotopic (exact) mass is 335 g/mol. The van der Waals surface area contributed by atoms with Gasteiger partial charge in [0.25, 0.3) is 5.69 Å². The van der Waals surface area contributed by atoms with Crippen molar-refractivity contribution in [2.24, 2.45) is 5.92 Å². The summed E-state index contributed by atoms with van der Waals surface area (Å²) in [4.78, 5) is 36.5. The number of benzene rings is 1. The van der Waals surface area contributed by atoms with Gasteiger partial charge in [-0.05, 0) is 19.4 Å². The summed E-state index contributed by atoms with van der Waals surface area (Å²) in [7, 11) is 1.56. The number of carbonyl (C=O) groups is 2. The van der Waals surface area contributed by atoms with E-state index in [4.69, 9.17) is 4.74 Å². The molecule has 0 saturated carbocycles. The molecule has 1 saturated heterocycles. The van der Waals surface area contributed by atoms with E-state index in [0.717, 1.165) is 5.56 Å². The third-order valence-electron chi connectivity index (χ3n) is 4.16. The fourth-order valence-corrected chi connectivity index (χ4v) is 2.76. The van der Waals surface area contributed by atoms with Gasteiger partial charge in [-0.3, -0.25) is 19.7 Å². The first-order chi connectivity index (χ1) is 11.3. The molecule has 1 N–H and O–H groups in total. The molecule has 8 heteroatoms. The molecule has 0 aliphatic carbocycles. The molecule has 24 heavy (non-hydrogen) atoms. The van der Waals surface area contributed by atoms with E-state index in [1.54, 1.807) is 25.0 Å². The number of nitrogens with one attached hydrogen (secondary N) is 1. The highest BCUT2D eigenvalue weighted by atomic mass is 16.6. The lowest BCUT2D eigenvalue weighted by atomic mass is 10.1. The Labute approximate surface area is 139 Å². The van der Waals surface area contributed by atoms with Crippen LogP contribution in [0.4, 0.5) is 11.4 Å². The number of ether oxygens (including phenoxy) is 1. The highest BCUT2D eigenvalue weighted by molar-refractivity contribution is 5.97. The maximum Gasteiger partial charge on any atom is 0.271 e. The molecule has 0 radical (unpaired) electrons. The Kier molecular flexibility index (Phi) is 5.50. The van der Waals surface area contributed by atoms with Crippen molar-refractivity contribution in [2.45, 2.75) is 26.3 Å². The molecule has 1 heterocycles. The lowest BCUT2D eigenvalue weighted by Gasteiger charge is -2.24. The number of likely N-dealkylation sites (tertiary alicyclic amines) is 1. The Balaban J connectivity index is 2.07. The van der Waals surface area contributed by atoms with Crippen LogP contribution in [0.5, 0.6) is 0 Å². The Morgan fingerprint density at radius 2 is 2.25 bits per heavy atom. The van der Waals surface area contributed by atoms with Crippen molar-refractivity contribution in [1.29, 1.82) is 0 Å². The highest BCUT2D eigenvalue weighted by Gasteiger charge is 2.36. The number of nitro benzene ring substituents is 1. The molecule has 0 spiro atoms. The van der Waals surface area contributed by atoms with Crippen LogP contribution < -0.4 is 5.32 Å². The zero-order chi connectivity index (χ0) is 17.9. The first-order valence-corrected chi connectivity index (χ1v) is 7.67. The molecular formula is C16H21N3O5. The maximum absolute atomic E-state index is 12.4. The van der Waals surface area contributed by atoms with Crippen molar-refractivity contribution in [1.82, 2.24) is 4.90 Å². The zero-order valence-corrected chi connectivity index (χ0v) is 13.9. The summed E-state index contributed by atoms with van der Waals surface area (Å²) in [5.74, 6) is -0.870. The average Bonchev–Trinajstić information content (AvgIpc) is 2.91. The van der Waals surface area contributed by atoms with Gasteiger partial charge in [-0.2, -0.15) is 0 Å². The summed E-state index contributed by atoms with van der Waals surface area (Å²) in [6.07, 6.45) is 0.133. The van der Waals surface area contributed by atoms with Crippen LogP contribution in [0.2, 0.25) is 0 Å². The van der Waals surface area contributed by atoms with E-state index in [1.807, 2.05) is 6.92 Å². The van der Waals surface area contributed by atoms with Gasteiger partial charge < -0.3 is 15.0 Å². The molecule has 1 fully saturated rings. The smallest absolute Gasteiger partial charge is 0.271 e. The number of nitro groups is 1. The second-order valence-electron chi connectivity index (χ2n) is 6.00. The molecule has 2 atom stereocenters. The Hall–Kier alpha value is -2.48. The number of aryl methyl sites for hydroxylation is 1. The minimum absolute atomic E-state index is 0.0875. The van der Waals surface area contributed by atoms with Gasteiger partial charge in [-0.15, -0.1) is 0 Å². The molecule has 0 unspecified atom stereocenters. The zero-order valence-electron chi connectivity index (χ0n) is 13.9. The Morgan fingerprint density at radius 3 is 2.88 bits per heavy atom. The summed E-state index contributed by atoms with van der Waals surface area (Å²) in [6.45, 7) is 4.35. The first-order valence-electron chi connectivity index (χ1n) is 7.67. The van der Waals surface area contributed by atoms with E-state index < -0.39 is 10.8 Å². The van der Waals surface area contributed by atoms with Gasteiger partial charge in [0, 0.05) is 32.2 Å². The molecule has 0 bridgehead atoms. The summed E-state index contributed by atoms with van der Waals surface area (Å²) in [6, 6.07) is 4.20. The molecule has 1 aliphatic rings. The minimum atomic E-state index is -0.512. The molecule has 130 valence electrons. The summed E-state index contributed by atoms with van der Waals surface area (Å²) >= 11 is 0. The molecule has 2 amide bonds. The predicted molar refractivity (Wildman–Crippen MR) is 87.6 cm³/mol. The number of nitrogens with zero attached hydrogens (tertiary/aromatic N) is 2. The fraction of sp³-hybridized carbons (Fsp3) is 0.500. The van der Waals surface area contributed by atoms with Gasteiger partial charge in [0.05, 0.1) is 29.2 Å². The quantitative estimate of drug-likeness (QED) is 0.630. The highest BCUT2D eigenvalue weighted by Crippen LogP contribution is 2.25. The molecular weight excluding hydrogens is 314 g/mol. The normalized spacial score (nSPS) is 18.5. The summed E-state index contributed by atoms with van der Waals surface area (Å²) in [5.41, 5.74) is 1.03. The van der Waals surface area contributed by atoms with Crippen LogP contribution >= 0.6 is 0 Å². The van der Waals surface area contributed by atoms with Crippen molar-refractivity contribution in [3.05, 3.63) is 33.9 Å². The van der Waals surface area contributed by atoms with Crippen molar-refractivity contribution in [3.63, 3.8) is 0 Å². The van der Waals surface area contributed by atoms with E-state index in [9.17, 15) is 19.7 Å². The lowest BCUT2D eigenvalue weighted by molar-refractivity contribution is -0.384. The van der Waals surface area contributed by atoms with Gasteiger partial charge in [-0.1, -0.05) is 6.07 Å². The third kappa shape index (κ3) is 3.88. The van der Waals surface area contributed by atoms with Gasteiger partial charge >= 0.3 is 0 Å². The molecule has 8 nitrogen and oxygen atoms in total. The van der Waals surface area contributed by atoms with E-state index in [-0.39, 0.29) is 30.0 Å². The SMILES string of the molecule is COC[C@H](C)N1C[C@H](C(=O)Nc2cc([N+](=O)[O-])ccc2C)CC1=O. The van der Waals surface area contributed by atoms with E-state index in [2.05, 4.69) is 5.32 Å². The predicted octanol–water partition coefficient (Wildman–Crippen LogP) is 1.73. The topological polar surface area (TPSA) is 102 Å². The molecule has 1 aromatic carbocycles. The summed E-state index contributed by atoms with van der Waals surface area (Å²) in [5, 5.41) is 13.6. The van der Waals surface area contributed by atoms with Gasteiger partial charge in [-0.25, -0.2) is 0 Å². The number of methoxy groups -OCH3 is 1. The Bertz CT molecular complexity index is 661. The Morgan fingerprint density at radius 1 is 1.54 bits per heavy atom. The van der Waals surface area contributed by atoms with E-state index in [1.165, 1.54) is 12.1 Å². The maximum atomic E-state index is 12.4. The first kappa shape index (κ1) is 17.9. The number of hydrogen-bond acceptors (Lipinski definition) is 5. The van der Waals surface area contributed by atoms with Crippen LogP contribution in [0.1, 0.15) is 18.9 Å². The van der Waals surface area contributed by atoms with Crippen LogP contribution in [-0.4, -0.2) is 47.9 Å². The molecule has 1 aromatic rings. The van der Waals surface area contributed by atoms with E-state index in [0.29, 0.717) is 18.8 Å². The number of carbonyl (C=O) groups excluding carboxylic acids is 2.